The van der Waals surface area contributed by atoms with Gasteiger partial charge >= 0.3 is 5.97 Å². The van der Waals surface area contributed by atoms with Crippen molar-refractivity contribution in [2.75, 3.05) is 26.2 Å². The molecule has 0 bridgehead atoms. The maximum Gasteiger partial charge on any atom is 0.326 e. The molecule has 2 heterocycles. The van der Waals surface area contributed by atoms with Gasteiger partial charge in [0.05, 0.1) is 13.0 Å². The summed E-state index contributed by atoms with van der Waals surface area (Å²) in [6, 6.07) is 6.42. The highest BCUT2D eigenvalue weighted by Gasteiger charge is 2.56. The van der Waals surface area contributed by atoms with Gasteiger partial charge in [0.2, 0.25) is 5.91 Å². The van der Waals surface area contributed by atoms with Gasteiger partial charge in [-0.3, -0.25) is 29.1 Å². The van der Waals surface area contributed by atoms with Gasteiger partial charge in [-0.15, -0.1) is 0 Å². The zero-order valence-corrected chi connectivity index (χ0v) is 18.0. The van der Waals surface area contributed by atoms with E-state index in [1.165, 1.54) is 5.01 Å². The highest BCUT2D eigenvalue weighted by molar-refractivity contribution is 6.30. The Balaban J connectivity index is 1.94. The summed E-state index contributed by atoms with van der Waals surface area (Å²) in [6.45, 7) is 4.15. The second-order valence-corrected chi connectivity index (χ2v) is 8.12. The van der Waals surface area contributed by atoms with Crippen molar-refractivity contribution < 1.29 is 23.9 Å². The fraction of sp³-hybridized carbons (Fsp3) is 0.524. The molecule has 0 spiro atoms. The molecule has 0 saturated carbocycles. The number of amides is 3. The first-order chi connectivity index (χ1) is 14.3. The molecule has 1 atom stereocenters. The molecule has 0 aromatic heterocycles. The van der Waals surface area contributed by atoms with Crippen molar-refractivity contribution in [2.24, 2.45) is 0 Å². The Kier molecular flexibility index (Phi) is 6.77. The largest absolute Gasteiger partial charge is 0.465 e. The maximum absolute atomic E-state index is 13.5. The zero-order valence-electron chi connectivity index (χ0n) is 17.2. The molecule has 0 radical (unpaired) electrons. The lowest BCUT2D eigenvalue weighted by Crippen LogP contribution is -2.62. The van der Waals surface area contributed by atoms with Crippen molar-refractivity contribution in [3.63, 3.8) is 0 Å². The number of benzene rings is 1. The van der Waals surface area contributed by atoms with E-state index >= 15 is 0 Å². The number of likely N-dealkylation sites (tertiary alicyclic amines) is 1. The molecule has 2 saturated heterocycles. The minimum Gasteiger partial charge on any atom is -0.465 e. The highest BCUT2D eigenvalue weighted by Crippen LogP contribution is 2.34. The second kappa shape index (κ2) is 9.14. The van der Waals surface area contributed by atoms with Crippen molar-refractivity contribution >= 4 is 35.3 Å². The minimum atomic E-state index is -1.42. The molecule has 2 aliphatic heterocycles. The van der Waals surface area contributed by atoms with Gasteiger partial charge < -0.3 is 4.74 Å². The van der Waals surface area contributed by atoms with Crippen molar-refractivity contribution in [3.05, 3.63) is 34.9 Å². The van der Waals surface area contributed by atoms with Gasteiger partial charge in [-0.1, -0.05) is 18.0 Å². The number of rotatable bonds is 6. The van der Waals surface area contributed by atoms with E-state index in [2.05, 4.69) is 0 Å². The van der Waals surface area contributed by atoms with Crippen LogP contribution >= 0.6 is 11.6 Å². The van der Waals surface area contributed by atoms with Gasteiger partial charge in [0.1, 0.15) is 12.1 Å². The van der Waals surface area contributed by atoms with E-state index < -0.39 is 29.9 Å². The van der Waals surface area contributed by atoms with Crippen LogP contribution in [-0.2, 0) is 19.1 Å². The lowest BCUT2D eigenvalue weighted by molar-refractivity contribution is -0.156. The molecule has 3 amide bonds. The topological polar surface area (TPSA) is 87.2 Å². The molecule has 0 aliphatic carbocycles. The Morgan fingerprint density at radius 1 is 1.13 bits per heavy atom. The van der Waals surface area contributed by atoms with Crippen LogP contribution < -0.4 is 0 Å². The number of piperidine rings is 1. The van der Waals surface area contributed by atoms with Crippen LogP contribution in [0.4, 0.5) is 0 Å². The van der Waals surface area contributed by atoms with E-state index in [0.29, 0.717) is 23.7 Å². The monoisotopic (exact) mass is 435 g/mol. The SMILES string of the molecule is CCOC(=O)CN1C(=O)CC(C)(N(C(=O)c2ccc(Cl)cc2)N2CCCCC2)C1=O. The van der Waals surface area contributed by atoms with E-state index in [0.717, 1.165) is 24.2 Å². The fourth-order valence-corrected chi connectivity index (χ4v) is 4.11. The van der Waals surface area contributed by atoms with E-state index in [1.54, 1.807) is 38.1 Å². The number of halogens is 1. The van der Waals surface area contributed by atoms with Crippen LogP contribution in [0, 0.1) is 0 Å². The van der Waals surface area contributed by atoms with Crippen molar-refractivity contribution in [1.82, 2.24) is 14.9 Å². The van der Waals surface area contributed by atoms with Gasteiger partial charge in [-0.2, -0.15) is 0 Å². The van der Waals surface area contributed by atoms with Crippen molar-refractivity contribution in [2.45, 2.75) is 45.1 Å². The number of hydrogen-bond acceptors (Lipinski definition) is 6. The zero-order chi connectivity index (χ0) is 21.9. The molecule has 2 fully saturated rings. The third-order valence-electron chi connectivity index (χ3n) is 5.46. The molecule has 8 nitrogen and oxygen atoms in total. The van der Waals surface area contributed by atoms with Crippen LogP contribution in [0.1, 0.15) is 49.9 Å². The number of ether oxygens (including phenoxy) is 1. The van der Waals surface area contributed by atoms with Crippen molar-refractivity contribution in [1.29, 1.82) is 0 Å². The molecule has 2 aliphatic rings. The van der Waals surface area contributed by atoms with E-state index in [-0.39, 0.29) is 18.9 Å². The number of nitrogens with zero attached hydrogens (tertiary/aromatic N) is 3. The summed E-state index contributed by atoms with van der Waals surface area (Å²) in [6.07, 6.45) is 2.61. The first-order valence-electron chi connectivity index (χ1n) is 10.1. The van der Waals surface area contributed by atoms with E-state index in [9.17, 15) is 19.2 Å². The Labute approximate surface area is 180 Å². The summed E-state index contributed by atoms with van der Waals surface area (Å²) in [5.74, 6) is -2.11. The molecule has 30 heavy (non-hydrogen) atoms. The number of hydrazine groups is 1. The smallest absolute Gasteiger partial charge is 0.326 e. The van der Waals surface area contributed by atoms with Crippen LogP contribution in [0.25, 0.3) is 0 Å². The van der Waals surface area contributed by atoms with Crippen LogP contribution in [-0.4, -0.2) is 70.4 Å². The molecule has 162 valence electrons. The molecule has 3 rings (SSSR count). The van der Waals surface area contributed by atoms with E-state index in [1.807, 2.05) is 5.01 Å². The number of carbonyl (C=O) groups excluding carboxylic acids is 4. The summed E-state index contributed by atoms with van der Waals surface area (Å²) in [5.41, 5.74) is -1.05. The fourth-order valence-electron chi connectivity index (χ4n) is 3.99. The summed E-state index contributed by atoms with van der Waals surface area (Å²) < 4.78 is 4.88. The minimum absolute atomic E-state index is 0.154. The van der Waals surface area contributed by atoms with Gasteiger partial charge in [0, 0.05) is 23.7 Å². The van der Waals surface area contributed by atoms with E-state index in [4.69, 9.17) is 16.3 Å². The lowest BCUT2D eigenvalue weighted by Gasteiger charge is -2.45. The lowest BCUT2D eigenvalue weighted by atomic mass is 9.97. The number of esters is 1. The maximum atomic E-state index is 13.5. The first kappa shape index (κ1) is 22.2. The standard InChI is InChI=1S/C21H26ClN3O5/c1-3-30-18(27)14-24-17(26)13-21(2,20(24)29)25(23-11-5-4-6-12-23)19(28)15-7-9-16(22)10-8-15/h7-10H,3-6,11-14H2,1-2H3. The predicted octanol–water partition coefficient (Wildman–Crippen LogP) is 2.26. The molecule has 1 aromatic rings. The summed E-state index contributed by atoms with van der Waals surface area (Å²) in [4.78, 5) is 52.2. The molecular weight excluding hydrogens is 410 g/mol. The van der Waals surface area contributed by atoms with Gasteiger partial charge in [-0.05, 0) is 51.0 Å². The normalized spacial score (nSPS) is 22.3. The molecular formula is C21H26ClN3O5. The third-order valence-corrected chi connectivity index (χ3v) is 5.71. The van der Waals surface area contributed by atoms with Gasteiger partial charge in [-0.25, -0.2) is 5.01 Å². The van der Waals surface area contributed by atoms with Crippen molar-refractivity contribution in [3.8, 4) is 0 Å². The van der Waals surface area contributed by atoms with Crippen LogP contribution in [0.3, 0.4) is 0 Å². The van der Waals surface area contributed by atoms with Crippen LogP contribution in [0.2, 0.25) is 5.02 Å². The van der Waals surface area contributed by atoms with Crippen LogP contribution in [0.5, 0.6) is 0 Å². The van der Waals surface area contributed by atoms with Crippen LogP contribution in [0.15, 0.2) is 24.3 Å². The predicted molar refractivity (Wildman–Crippen MR) is 109 cm³/mol. The Bertz CT molecular complexity index is 838. The molecule has 1 unspecified atom stereocenters. The first-order valence-corrected chi connectivity index (χ1v) is 10.5. The Hall–Kier alpha value is -2.45. The molecule has 9 heteroatoms. The quantitative estimate of drug-likeness (QED) is 0.503. The Morgan fingerprint density at radius 2 is 1.77 bits per heavy atom. The Morgan fingerprint density at radius 3 is 2.37 bits per heavy atom. The third kappa shape index (κ3) is 4.34. The molecule has 0 N–H and O–H groups in total. The number of carbonyl (C=O) groups is 4. The van der Waals surface area contributed by atoms with Gasteiger partial charge in [0.15, 0.2) is 0 Å². The average molecular weight is 436 g/mol. The second-order valence-electron chi connectivity index (χ2n) is 7.68. The highest BCUT2D eigenvalue weighted by atomic mass is 35.5. The number of imide groups is 1. The summed E-state index contributed by atoms with van der Waals surface area (Å²) >= 11 is 5.95. The summed E-state index contributed by atoms with van der Waals surface area (Å²) in [7, 11) is 0. The van der Waals surface area contributed by atoms with Gasteiger partial charge in [0.25, 0.3) is 11.8 Å². The summed E-state index contributed by atoms with van der Waals surface area (Å²) in [5, 5.41) is 3.76. The molecule has 1 aromatic carbocycles. The average Bonchev–Trinajstić information content (AvgIpc) is 2.93. The number of hydrogen-bond donors (Lipinski definition) is 0.